The molecule has 0 spiro atoms. The quantitative estimate of drug-likeness (QED) is 0.847. The van der Waals surface area contributed by atoms with Gasteiger partial charge in [0.25, 0.3) is 0 Å². The molecule has 0 atom stereocenters. The van der Waals surface area contributed by atoms with Crippen molar-refractivity contribution in [1.82, 2.24) is 0 Å². The molecule has 3 heteroatoms. The minimum absolute atomic E-state index is 0.603. The minimum Gasteiger partial charge on any atom is -0.326 e. The van der Waals surface area contributed by atoms with E-state index in [2.05, 4.69) is 64.9 Å². The highest BCUT2D eigenvalue weighted by molar-refractivity contribution is 6.98. The topological polar surface area (TPSA) is 26.0 Å². The molecule has 0 radical (unpaired) electrons. The molecule has 1 nitrogen and oxygen atoms in total. The summed E-state index contributed by atoms with van der Waals surface area (Å²) in [6.45, 7) is 21.5. The second kappa shape index (κ2) is 5.39. The number of hydrogen-bond donors (Lipinski definition) is 1. The van der Waals surface area contributed by atoms with Gasteiger partial charge >= 0.3 is 0 Å². The van der Waals surface area contributed by atoms with Gasteiger partial charge in [-0.2, -0.15) is 0 Å². The first-order chi connectivity index (χ1) is 8.50. The van der Waals surface area contributed by atoms with Crippen molar-refractivity contribution in [2.45, 2.75) is 52.8 Å². The molecule has 1 rings (SSSR count). The average molecular weight is 292 g/mol. The molecule has 0 saturated carbocycles. The molecule has 2 N–H and O–H groups in total. The van der Waals surface area contributed by atoms with Crippen molar-refractivity contribution in [1.29, 1.82) is 0 Å². The van der Waals surface area contributed by atoms with E-state index in [-0.39, 0.29) is 0 Å². The molecule has 0 amide bonds. The van der Waals surface area contributed by atoms with Crippen LogP contribution in [0.3, 0.4) is 0 Å². The van der Waals surface area contributed by atoms with Crippen LogP contribution in [0.5, 0.6) is 0 Å². The molecule has 0 aliphatic rings. The Hall–Kier alpha value is -0.646. The average Bonchev–Trinajstić information content (AvgIpc) is 2.24. The number of hydrogen-bond acceptors (Lipinski definition) is 1. The van der Waals surface area contributed by atoms with Crippen molar-refractivity contribution in [2.24, 2.45) is 5.73 Å². The molecule has 1 aromatic rings. The lowest BCUT2D eigenvalue weighted by molar-refractivity contribution is 1.07. The van der Waals surface area contributed by atoms with Crippen LogP contribution in [0.1, 0.15) is 18.1 Å². The van der Waals surface area contributed by atoms with Crippen LogP contribution in [-0.2, 0) is 6.54 Å². The first-order valence-electron chi connectivity index (χ1n) is 7.03. The summed E-state index contributed by atoms with van der Waals surface area (Å²) >= 11 is 0. The Kier molecular flexibility index (Phi) is 4.65. The largest absolute Gasteiger partial charge is 0.326 e. The second-order valence-corrected chi connectivity index (χ2v) is 17.5. The molecule has 1 aromatic carbocycles. The molecule has 0 fully saturated rings. The Morgan fingerprint density at radius 1 is 1.05 bits per heavy atom. The van der Waals surface area contributed by atoms with Gasteiger partial charge in [0.1, 0.15) is 0 Å². The van der Waals surface area contributed by atoms with Gasteiger partial charge in [0, 0.05) is 6.54 Å². The van der Waals surface area contributed by atoms with E-state index in [1.54, 1.807) is 10.4 Å². The van der Waals surface area contributed by atoms with Crippen molar-refractivity contribution in [3.63, 3.8) is 0 Å². The van der Waals surface area contributed by atoms with Crippen molar-refractivity contribution >= 4 is 32.1 Å². The molecular weight excluding hydrogens is 262 g/mol. The monoisotopic (exact) mass is 291 g/mol. The van der Waals surface area contributed by atoms with Crippen molar-refractivity contribution in [3.05, 3.63) is 29.8 Å². The second-order valence-electron chi connectivity index (χ2n) is 7.51. The van der Waals surface area contributed by atoms with Gasteiger partial charge in [0.15, 0.2) is 0 Å². The van der Waals surface area contributed by atoms with Crippen LogP contribution in [0.2, 0.25) is 39.3 Å². The summed E-state index contributed by atoms with van der Waals surface area (Å²) in [5.41, 5.74) is 9.73. The molecule has 0 aliphatic carbocycles. The summed E-state index contributed by atoms with van der Waals surface area (Å²) < 4.78 is 0. The van der Waals surface area contributed by atoms with Gasteiger partial charge in [-0.1, -0.05) is 73.9 Å². The molecule has 106 valence electrons. The Balaban J connectivity index is 3.81. The van der Waals surface area contributed by atoms with Gasteiger partial charge in [-0.25, -0.2) is 0 Å². The van der Waals surface area contributed by atoms with Crippen LogP contribution in [0.15, 0.2) is 18.7 Å². The fraction of sp³-hybridized carbons (Fsp3) is 0.500. The fourth-order valence-corrected chi connectivity index (χ4v) is 8.43. The van der Waals surface area contributed by atoms with Crippen LogP contribution >= 0.6 is 0 Å². The number of rotatable bonds is 4. The van der Waals surface area contributed by atoms with Gasteiger partial charge in [-0.05, 0) is 18.1 Å². The standard InChI is InChI=1S/C16H29NSi2/c1-12(2)15-13(11-17)9-10-14(18(3,4)5)16(15)19(6,7)8/h9-10H,1,11,17H2,2-8H3. The Labute approximate surface area is 120 Å². The molecule has 0 heterocycles. The Bertz CT molecular complexity index is 491. The molecule has 0 aromatic heterocycles. The third-order valence-electron chi connectivity index (χ3n) is 3.50. The summed E-state index contributed by atoms with van der Waals surface area (Å²) in [5, 5.41) is 3.20. The number of nitrogens with two attached hydrogens (primary N) is 1. The Morgan fingerprint density at radius 2 is 1.58 bits per heavy atom. The van der Waals surface area contributed by atoms with Gasteiger partial charge in [0.2, 0.25) is 0 Å². The van der Waals surface area contributed by atoms with Crippen molar-refractivity contribution in [2.75, 3.05) is 0 Å². The van der Waals surface area contributed by atoms with E-state index in [1.807, 2.05) is 0 Å². The third kappa shape index (κ3) is 3.47. The van der Waals surface area contributed by atoms with Crippen LogP contribution in [-0.4, -0.2) is 16.1 Å². The third-order valence-corrected chi connectivity index (χ3v) is 7.80. The maximum Gasteiger partial charge on any atom is 0.0782 e. The molecule has 0 bridgehead atoms. The van der Waals surface area contributed by atoms with Gasteiger partial charge in [-0.15, -0.1) is 0 Å². The zero-order valence-electron chi connectivity index (χ0n) is 13.6. The predicted octanol–water partition coefficient (Wildman–Crippen LogP) is 3.27. The first-order valence-corrected chi connectivity index (χ1v) is 14.0. The molecular formula is C16H29NSi2. The van der Waals surface area contributed by atoms with E-state index in [9.17, 15) is 0 Å². The number of allylic oxidation sites excluding steroid dienone is 1. The summed E-state index contributed by atoms with van der Waals surface area (Å²) in [5.74, 6) is 0. The summed E-state index contributed by atoms with van der Waals surface area (Å²) in [6.07, 6.45) is 0. The zero-order valence-corrected chi connectivity index (χ0v) is 15.6. The van der Waals surface area contributed by atoms with Crippen LogP contribution in [0, 0.1) is 0 Å². The van der Waals surface area contributed by atoms with Crippen LogP contribution in [0.4, 0.5) is 0 Å². The molecule has 0 unspecified atom stereocenters. The molecule has 19 heavy (non-hydrogen) atoms. The van der Waals surface area contributed by atoms with Gasteiger partial charge in [0.05, 0.1) is 16.1 Å². The molecule has 0 aliphatic heterocycles. The summed E-state index contributed by atoms with van der Waals surface area (Å²) in [7, 11) is -2.77. The van der Waals surface area contributed by atoms with Gasteiger partial charge < -0.3 is 5.73 Å². The minimum atomic E-state index is -1.42. The van der Waals surface area contributed by atoms with E-state index < -0.39 is 16.1 Å². The predicted molar refractivity (Wildman–Crippen MR) is 95.0 cm³/mol. The van der Waals surface area contributed by atoms with E-state index >= 15 is 0 Å². The van der Waals surface area contributed by atoms with Crippen molar-refractivity contribution < 1.29 is 0 Å². The lowest BCUT2D eigenvalue weighted by atomic mass is 10.0. The smallest absolute Gasteiger partial charge is 0.0782 e. The first kappa shape index (κ1) is 16.4. The lowest BCUT2D eigenvalue weighted by Crippen LogP contribution is -2.58. The van der Waals surface area contributed by atoms with Crippen LogP contribution in [0.25, 0.3) is 5.57 Å². The highest BCUT2D eigenvalue weighted by atomic mass is 28.3. The van der Waals surface area contributed by atoms with Crippen molar-refractivity contribution in [3.8, 4) is 0 Å². The normalized spacial score (nSPS) is 12.6. The fourth-order valence-electron chi connectivity index (χ4n) is 2.71. The maximum absolute atomic E-state index is 5.95. The van der Waals surface area contributed by atoms with E-state index in [0.29, 0.717) is 6.54 Å². The van der Waals surface area contributed by atoms with E-state index in [0.717, 1.165) is 5.57 Å². The van der Waals surface area contributed by atoms with E-state index in [1.165, 1.54) is 11.1 Å². The lowest BCUT2D eigenvalue weighted by Gasteiger charge is -2.32. The van der Waals surface area contributed by atoms with E-state index in [4.69, 9.17) is 5.73 Å². The van der Waals surface area contributed by atoms with Gasteiger partial charge in [-0.3, -0.25) is 0 Å². The number of benzene rings is 1. The molecule has 0 saturated heterocycles. The summed E-state index contributed by atoms with van der Waals surface area (Å²) in [4.78, 5) is 0. The maximum atomic E-state index is 5.95. The highest BCUT2D eigenvalue weighted by Crippen LogP contribution is 2.20. The highest BCUT2D eigenvalue weighted by Gasteiger charge is 2.30. The summed E-state index contributed by atoms with van der Waals surface area (Å²) in [6, 6.07) is 4.57. The SMILES string of the molecule is C=C(C)c1c(CN)ccc([Si](C)(C)C)c1[Si](C)(C)C. The van der Waals surface area contributed by atoms with Crippen LogP contribution < -0.4 is 16.1 Å². The Morgan fingerprint density at radius 3 is 1.89 bits per heavy atom. The zero-order chi connectivity index (χ0) is 15.0.